The summed E-state index contributed by atoms with van der Waals surface area (Å²) < 4.78 is 6.27. The molecule has 0 bridgehead atoms. The largest absolute Gasteiger partial charge is 0.508 e. The highest BCUT2D eigenvalue weighted by atomic mass is 16.5. The Morgan fingerprint density at radius 3 is 2.29 bits per heavy atom. The molecule has 3 aromatic carbocycles. The molecule has 7 heteroatoms. The Morgan fingerprint density at radius 1 is 0.800 bits per heavy atom. The van der Waals surface area contributed by atoms with Crippen LogP contribution in [0.25, 0.3) is 12.2 Å². The number of hydrogen-bond acceptors (Lipinski definition) is 7. The maximum atomic E-state index is 10.4. The van der Waals surface area contributed by atoms with Gasteiger partial charge < -0.3 is 35.4 Å². The molecule has 0 amide bonds. The van der Waals surface area contributed by atoms with E-state index in [1.807, 2.05) is 12.2 Å². The highest BCUT2D eigenvalue weighted by Crippen LogP contribution is 2.54. The minimum atomic E-state index is -0.874. The van der Waals surface area contributed by atoms with Crippen LogP contribution in [0.2, 0.25) is 0 Å². The smallest absolute Gasteiger partial charge is 0.157 e. The summed E-state index contributed by atoms with van der Waals surface area (Å²) in [4.78, 5) is 0. The van der Waals surface area contributed by atoms with Crippen molar-refractivity contribution in [3.8, 4) is 28.7 Å². The van der Waals surface area contributed by atoms with Gasteiger partial charge in [0.15, 0.2) is 11.5 Å². The average molecular weight is 472 g/mol. The Morgan fingerprint density at radius 2 is 1.57 bits per heavy atom. The Kier molecular flexibility index (Phi) is 5.62. The van der Waals surface area contributed by atoms with Crippen LogP contribution >= 0.6 is 0 Å². The Labute approximate surface area is 201 Å². The van der Waals surface area contributed by atoms with Crippen LogP contribution in [-0.4, -0.2) is 36.7 Å². The predicted octanol–water partition coefficient (Wildman–Crippen LogP) is 5.03. The molecule has 178 valence electrons. The molecular formula is C28H24O7. The van der Waals surface area contributed by atoms with Crippen LogP contribution in [-0.2, 0) is 0 Å². The second kappa shape index (κ2) is 8.77. The standard InChI is InChI=1S/C28H24O7/c29-19-6-2-15(3-7-19)1-4-16-9-22(32)14-25-26(16)27(18-10-20(30)13-21(31)11-18)28(35-25)17-5-8-23(33)24(34)12-17/h1-10,12-14,21,27-34H,11H2/b4-1+. The highest BCUT2D eigenvalue weighted by Gasteiger charge is 2.41. The number of hydrogen-bond donors (Lipinski definition) is 6. The van der Waals surface area contributed by atoms with Crippen molar-refractivity contribution in [2.24, 2.45) is 0 Å². The fraction of sp³-hybridized carbons (Fsp3) is 0.143. The van der Waals surface area contributed by atoms with Crippen LogP contribution in [0.4, 0.5) is 0 Å². The summed E-state index contributed by atoms with van der Waals surface area (Å²) in [7, 11) is 0. The van der Waals surface area contributed by atoms with Crippen LogP contribution in [0.1, 0.15) is 40.7 Å². The molecule has 1 aliphatic heterocycles. The number of aromatic hydroxyl groups is 4. The third-order valence-electron chi connectivity index (χ3n) is 6.24. The first kappa shape index (κ1) is 22.4. The van der Waals surface area contributed by atoms with Crippen molar-refractivity contribution in [1.29, 1.82) is 0 Å². The van der Waals surface area contributed by atoms with E-state index in [-0.39, 0.29) is 35.2 Å². The third kappa shape index (κ3) is 4.41. The van der Waals surface area contributed by atoms with Crippen molar-refractivity contribution >= 4 is 12.2 Å². The van der Waals surface area contributed by atoms with Gasteiger partial charge >= 0.3 is 0 Å². The SMILES string of the molecule is OC1=CC(O)CC(C2c3c(/C=C/c4ccc(O)cc4)cc(O)cc3OC2c2ccc(O)c(O)c2)=C1. The highest BCUT2D eigenvalue weighted by molar-refractivity contribution is 5.75. The lowest BCUT2D eigenvalue weighted by molar-refractivity contribution is 0.194. The lowest BCUT2D eigenvalue weighted by Gasteiger charge is -2.26. The second-order valence-corrected chi connectivity index (χ2v) is 8.72. The van der Waals surface area contributed by atoms with Crippen molar-refractivity contribution in [3.63, 3.8) is 0 Å². The zero-order chi connectivity index (χ0) is 24.7. The molecule has 5 rings (SSSR count). The Bertz CT molecular complexity index is 1370. The summed E-state index contributed by atoms with van der Waals surface area (Å²) >= 11 is 0. The second-order valence-electron chi connectivity index (χ2n) is 8.72. The molecule has 0 fully saturated rings. The molecule has 7 nitrogen and oxygen atoms in total. The van der Waals surface area contributed by atoms with Gasteiger partial charge in [-0.3, -0.25) is 0 Å². The van der Waals surface area contributed by atoms with E-state index in [0.29, 0.717) is 16.9 Å². The first-order valence-corrected chi connectivity index (χ1v) is 11.1. The number of phenols is 4. The minimum absolute atomic E-state index is 0.00228. The number of benzene rings is 3. The number of fused-ring (bicyclic) bond motifs is 1. The van der Waals surface area contributed by atoms with Crippen LogP contribution in [0, 0.1) is 0 Å². The van der Waals surface area contributed by atoms with Crippen molar-refractivity contribution in [2.45, 2.75) is 24.5 Å². The van der Waals surface area contributed by atoms with Gasteiger partial charge in [-0.05, 0) is 65.6 Å². The van der Waals surface area contributed by atoms with Gasteiger partial charge in [0.05, 0.1) is 12.0 Å². The molecule has 35 heavy (non-hydrogen) atoms. The topological polar surface area (TPSA) is 131 Å². The normalized spacial score (nSPS) is 21.3. The van der Waals surface area contributed by atoms with E-state index in [2.05, 4.69) is 0 Å². The van der Waals surface area contributed by atoms with Gasteiger partial charge in [0, 0.05) is 11.6 Å². The molecule has 3 unspecified atom stereocenters. The molecule has 0 saturated carbocycles. The summed E-state index contributed by atoms with van der Waals surface area (Å²) in [5.74, 6) is -0.478. The Hall–Kier alpha value is -4.36. The van der Waals surface area contributed by atoms with Gasteiger partial charge in [0.1, 0.15) is 29.1 Å². The van der Waals surface area contributed by atoms with Crippen molar-refractivity contribution in [3.05, 3.63) is 100 Å². The Balaban J connectivity index is 1.65. The van der Waals surface area contributed by atoms with Gasteiger partial charge in [-0.2, -0.15) is 0 Å². The summed E-state index contributed by atoms with van der Waals surface area (Å²) in [6.45, 7) is 0. The summed E-state index contributed by atoms with van der Waals surface area (Å²) in [6, 6.07) is 14.2. The lowest BCUT2D eigenvalue weighted by atomic mass is 9.79. The number of ether oxygens (including phenoxy) is 1. The molecule has 0 radical (unpaired) electrons. The first-order chi connectivity index (χ1) is 16.8. The number of phenolic OH excluding ortho intramolecular Hbond substituents is 4. The fourth-order valence-electron chi connectivity index (χ4n) is 4.70. The number of aliphatic hydroxyl groups is 2. The van der Waals surface area contributed by atoms with Gasteiger partial charge in [0.2, 0.25) is 0 Å². The van der Waals surface area contributed by atoms with Gasteiger partial charge in [-0.25, -0.2) is 0 Å². The van der Waals surface area contributed by atoms with Crippen LogP contribution in [0.5, 0.6) is 28.7 Å². The molecule has 0 saturated heterocycles. The van der Waals surface area contributed by atoms with Gasteiger partial charge in [0.25, 0.3) is 0 Å². The number of aliphatic hydroxyl groups excluding tert-OH is 2. The van der Waals surface area contributed by atoms with E-state index in [4.69, 9.17) is 4.74 Å². The van der Waals surface area contributed by atoms with E-state index in [9.17, 15) is 30.6 Å². The molecule has 2 aliphatic rings. The summed E-state index contributed by atoms with van der Waals surface area (Å²) in [6.07, 6.45) is 5.37. The van der Waals surface area contributed by atoms with E-state index in [1.54, 1.807) is 42.5 Å². The third-order valence-corrected chi connectivity index (χ3v) is 6.24. The molecule has 1 heterocycles. The van der Waals surface area contributed by atoms with E-state index >= 15 is 0 Å². The number of rotatable bonds is 4. The molecule has 1 aliphatic carbocycles. The van der Waals surface area contributed by atoms with Crippen LogP contribution in [0.15, 0.2) is 78.1 Å². The van der Waals surface area contributed by atoms with E-state index < -0.39 is 18.1 Å². The first-order valence-electron chi connectivity index (χ1n) is 11.1. The molecule has 3 atom stereocenters. The summed E-state index contributed by atoms with van der Waals surface area (Å²) in [5.41, 5.74) is 3.57. The minimum Gasteiger partial charge on any atom is -0.508 e. The van der Waals surface area contributed by atoms with Gasteiger partial charge in [-0.15, -0.1) is 0 Å². The zero-order valence-corrected chi connectivity index (χ0v) is 18.5. The summed E-state index contributed by atoms with van der Waals surface area (Å²) in [5, 5.41) is 60.4. The van der Waals surface area contributed by atoms with Crippen LogP contribution in [0.3, 0.4) is 0 Å². The average Bonchev–Trinajstić information content (AvgIpc) is 3.19. The molecule has 6 N–H and O–H groups in total. The predicted molar refractivity (Wildman–Crippen MR) is 130 cm³/mol. The van der Waals surface area contributed by atoms with Crippen LogP contribution < -0.4 is 4.74 Å². The maximum Gasteiger partial charge on any atom is 0.157 e. The molecule has 0 spiro atoms. The van der Waals surface area contributed by atoms with Crippen molar-refractivity contribution in [2.75, 3.05) is 0 Å². The zero-order valence-electron chi connectivity index (χ0n) is 18.5. The maximum absolute atomic E-state index is 10.4. The monoisotopic (exact) mass is 472 g/mol. The van der Waals surface area contributed by atoms with E-state index in [0.717, 1.165) is 16.7 Å². The molecular weight excluding hydrogens is 448 g/mol. The van der Waals surface area contributed by atoms with Crippen molar-refractivity contribution < 1.29 is 35.4 Å². The molecule has 0 aromatic heterocycles. The fourth-order valence-corrected chi connectivity index (χ4v) is 4.70. The van der Waals surface area contributed by atoms with Gasteiger partial charge in [-0.1, -0.05) is 35.9 Å². The lowest BCUT2D eigenvalue weighted by Crippen LogP contribution is -2.18. The van der Waals surface area contributed by atoms with E-state index in [1.165, 1.54) is 24.3 Å². The molecule has 3 aromatic rings. The quantitative estimate of drug-likeness (QED) is 0.232. The van der Waals surface area contributed by atoms with Crippen molar-refractivity contribution in [1.82, 2.24) is 0 Å². The number of allylic oxidation sites excluding steroid dienone is 1.